The Morgan fingerprint density at radius 1 is 0.926 bits per heavy atom. The SMILES string of the molecule is CC(C)(C)[C@H]1CO/C(=C2/C=CC=C2P(c2ccccc2)c2ccccc2)N1. The van der Waals surface area contributed by atoms with E-state index >= 15 is 0 Å². The van der Waals surface area contributed by atoms with E-state index in [0.29, 0.717) is 6.04 Å². The van der Waals surface area contributed by atoms with Gasteiger partial charge in [-0.25, -0.2) is 0 Å². The van der Waals surface area contributed by atoms with Crippen molar-refractivity contribution in [2.45, 2.75) is 26.8 Å². The molecule has 1 atom stereocenters. The Labute approximate surface area is 163 Å². The van der Waals surface area contributed by atoms with E-state index in [4.69, 9.17) is 4.74 Å². The highest BCUT2D eigenvalue weighted by Gasteiger charge is 2.34. The van der Waals surface area contributed by atoms with Gasteiger partial charge in [-0.05, 0) is 35.3 Å². The monoisotopic (exact) mass is 375 g/mol. The molecule has 0 amide bonds. The van der Waals surface area contributed by atoms with Gasteiger partial charge in [0.05, 0.1) is 6.04 Å². The smallest absolute Gasteiger partial charge is 0.195 e. The normalized spacial score (nSPS) is 21.9. The summed E-state index contributed by atoms with van der Waals surface area (Å²) >= 11 is 0. The lowest BCUT2D eigenvalue weighted by Gasteiger charge is -2.25. The molecule has 1 aliphatic carbocycles. The van der Waals surface area contributed by atoms with Crippen molar-refractivity contribution in [3.63, 3.8) is 0 Å². The number of hydrogen-bond donors (Lipinski definition) is 1. The summed E-state index contributed by atoms with van der Waals surface area (Å²) in [4.78, 5) is 0. The van der Waals surface area contributed by atoms with Crippen LogP contribution < -0.4 is 15.9 Å². The molecule has 1 saturated heterocycles. The third-order valence-electron chi connectivity index (χ3n) is 5.05. The molecule has 2 aromatic rings. The topological polar surface area (TPSA) is 21.3 Å². The molecule has 138 valence electrons. The first-order valence-electron chi connectivity index (χ1n) is 9.46. The lowest BCUT2D eigenvalue weighted by Crippen LogP contribution is -2.36. The average molecular weight is 375 g/mol. The highest BCUT2D eigenvalue weighted by molar-refractivity contribution is 7.77. The van der Waals surface area contributed by atoms with Crippen molar-refractivity contribution in [3.8, 4) is 0 Å². The Hall–Kier alpha value is -2.31. The van der Waals surface area contributed by atoms with Crippen LogP contribution in [0.2, 0.25) is 0 Å². The number of benzene rings is 2. The van der Waals surface area contributed by atoms with Crippen LogP contribution in [0.5, 0.6) is 0 Å². The molecule has 2 aliphatic rings. The van der Waals surface area contributed by atoms with Crippen molar-refractivity contribution in [1.82, 2.24) is 5.32 Å². The van der Waals surface area contributed by atoms with Gasteiger partial charge in [0.1, 0.15) is 6.61 Å². The second kappa shape index (κ2) is 7.37. The molecule has 4 rings (SSSR count). The number of ether oxygens (including phenoxy) is 1. The van der Waals surface area contributed by atoms with Crippen molar-refractivity contribution >= 4 is 18.5 Å². The molecule has 0 aromatic heterocycles. The number of rotatable bonds is 3. The van der Waals surface area contributed by atoms with Crippen LogP contribution in [-0.4, -0.2) is 12.6 Å². The molecule has 1 N–H and O–H groups in total. The largest absolute Gasteiger partial charge is 0.477 e. The number of hydrogen-bond acceptors (Lipinski definition) is 2. The molecule has 0 unspecified atom stereocenters. The molecule has 1 fully saturated rings. The van der Waals surface area contributed by atoms with Crippen LogP contribution in [0.1, 0.15) is 20.8 Å². The van der Waals surface area contributed by atoms with E-state index in [9.17, 15) is 0 Å². The Balaban J connectivity index is 1.74. The predicted molar refractivity (Wildman–Crippen MR) is 116 cm³/mol. The maximum Gasteiger partial charge on any atom is 0.195 e. The predicted octanol–water partition coefficient (Wildman–Crippen LogP) is 4.82. The maximum absolute atomic E-state index is 6.11. The zero-order chi connectivity index (χ0) is 18.9. The summed E-state index contributed by atoms with van der Waals surface area (Å²) in [5.41, 5.74) is 1.36. The first kappa shape index (κ1) is 18.1. The Kier molecular flexibility index (Phi) is 4.93. The molecular formula is C24H26NOP. The third kappa shape index (κ3) is 3.73. The van der Waals surface area contributed by atoms with Crippen LogP contribution in [0.25, 0.3) is 0 Å². The van der Waals surface area contributed by atoms with Gasteiger partial charge in [-0.1, -0.05) is 93.6 Å². The molecule has 0 spiro atoms. The van der Waals surface area contributed by atoms with Crippen LogP contribution >= 0.6 is 7.92 Å². The van der Waals surface area contributed by atoms with Gasteiger partial charge < -0.3 is 10.1 Å². The van der Waals surface area contributed by atoms with Gasteiger partial charge in [0.25, 0.3) is 0 Å². The third-order valence-corrected chi connectivity index (χ3v) is 7.55. The molecule has 27 heavy (non-hydrogen) atoms. The summed E-state index contributed by atoms with van der Waals surface area (Å²) < 4.78 is 6.11. The van der Waals surface area contributed by atoms with Crippen LogP contribution in [0.4, 0.5) is 0 Å². The quantitative estimate of drug-likeness (QED) is 0.777. The van der Waals surface area contributed by atoms with Crippen molar-refractivity contribution < 1.29 is 4.74 Å². The average Bonchev–Trinajstić information content (AvgIpc) is 3.33. The van der Waals surface area contributed by atoms with E-state index in [-0.39, 0.29) is 5.41 Å². The number of allylic oxidation sites excluding steroid dienone is 5. The fourth-order valence-electron chi connectivity index (χ4n) is 3.41. The second-order valence-electron chi connectivity index (χ2n) is 8.03. The van der Waals surface area contributed by atoms with Crippen molar-refractivity contribution in [2.75, 3.05) is 6.61 Å². The first-order valence-corrected chi connectivity index (χ1v) is 10.8. The first-order chi connectivity index (χ1) is 13.0. The van der Waals surface area contributed by atoms with E-state index in [1.54, 1.807) is 0 Å². The van der Waals surface area contributed by atoms with E-state index in [1.165, 1.54) is 21.5 Å². The highest BCUT2D eigenvalue weighted by Crippen LogP contribution is 2.49. The zero-order valence-corrected chi connectivity index (χ0v) is 17.0. The van der Waals surface area contributed by atoms with Crippen molar-refractivity contribution in [1.29, 1.82) is 0 Å². The lowest BCUT2D eigenvalue weighted by atomic mass is 9.88. The molecule has 3 heteroatoms. The molecule has 1 heterocycles. The van der Waals surface area contributed by atoms with Crippen molar-refractivity contribution in [3.05, 3.63) is 95.7 Å². The van der Waals surface area contributed by atoms with E-state index in [0.717, 1.165) is 12.5 Å². The Morgan fingerprint density at radius 3 is 2.04 bits per heavy atom. The minimum Gasteiger partial charge on any atom is -0.477 e. The van der Waals surface area contributed by atoms with Crippen LogP contribution in [0.3, 0.4) is 0 Å². The lowest BCUT2D eigenvalue weighted by molar-refractivity contribution is 0.214. The van der Waals surface area contributed by atoms with Gasteiger partial charge in [0.2, 0.25) is 0 Å². The molecule has 0 bridgehead atoms. The summed E-state index contributed by atoms with van der Waals surface area (Å²) in [6.07, 6.45) is 6.59. The van der Waals surface area contributed by atoms with E-state index < -0.39 is 7.92 Å². The van der Waals surface area contributed by atoms with Crippen molar-refractivity contribution in [2.24, 2.45) is 5.41 Å². The Bertz CT molecular complexity index is 851. The van der Waals surface area contributed by atoms with Gasteiger partial charge in [0, 0.05) is 5.57 Å². The fraction of sp³-hybridized carbons (Fsp3) is 0.250. The minimum absolute atomic E-state index is 0.165. The van der Waals surface area contributed by atoms with Gasteiger partial charge in [0.15, 0.2) is 5.88 Å². The van der Waals surface area contributed by atoms with E-state index in [2.05, 4.69) is 105 Å². The summed E-state index contributed by atoms with van der Waals surface area (Å²) in [7, 11) is -0.629. The maximum atomic E-state index is 6.11. The van der Waals surface area contributed by atoms with Gasteiger partial charge in [-0.2, -0.15) is 0 Å². The Morgan fingerprint density at radius 2 is 1.52 bits per heavy atom. The molecule has 2 aromatic carbocycles. The summed E-state index contributed by atoms with van der Waals surface area (Å²) in [5.74, 6) is 0.925. The highest BCUT2D eigenvalue weighted by atomic mass is 31.1. The minimum atomic E-state index is -0.629. The van der Waals surface area contributed by atoms with Gasteiger partial charge >= 0.3 is 0 Å². The molecule has 1 aliphatic heterocycles. The van der Waals surface area contributed by atoms with Gasteiger partial charge in [-0.3, -0.25) is 0 Å². The zero-order valence-electron chi connectivity index (χ0n) is 16.1. The molecule has 2 nitrogen and oxygen atoms in total. The van der Waals surface area contributed by atoms with E-state index in [1.807, 2.05) is 0 Å². The summed E-state index contributed by atoms with van der Waals surface area (Å²) in [5, 5.41) is 7.70. The second-order valence-corrected chi connectivity index (χ2v) is 10.2. The van der Waals surface area contributed by atoms with Crippen LogP contribution in [-0.2, 0) is 4.74 Å². The summed E-state index contributed by atoms with van der Waals surface area (Å²) in [6.45, 7) is 7.48. The number of nitrogens with one attached hydrogen (secondary N) is 1. The molecular weight excluding hydrogens is 349 g/mol. The van der Waals surface area contributed by atoms with Crippen LogP contribution in [0.15, 0.2) is 95.7 Å². The summed E-state index contributed by atoms with van der Waals surface area (Å²) in [6, 6.07) is 22.0. The van der Waals surface area contributed by atoms with Gasteiger partial charge in [-0.15, -0.1) is 0 Å². The van der Waals surface area contributed by atoms with Crippen LogP contribution in [0, 0.1) is 5.41 Å². The molecule has 0 saturated carbocycles. The standard InChI is InChI=1S/C24H26NOP/c1-24(2,3)22-17-26-23(25-22)20-15-10-16-21(20)27(18-11-6-4-7-12-18)19-13-8-5-9-14-19/h4-16,22,25H,17H2,1-3H3/b23-20-/t22-/m1/s1. The molecule has 0 radical (unpaired) electrons. The fourth-order valence-corrected chi connectivity index (χ4v) is 5.86.